The lowest BCUT2D eigenvalue weighted by Crippen LogP contribution is -1.98. The summed E-state index contributed by atoms with van der Waals surface area (Å²) in [6, 6.07) is 5.58. The Hall–Kier alpha value is -2.27. The van der Waals surface area contributed by atoms with Gasteiger partial charge in [0.25, 0.3) is 5.89 Å². The Morgan fingerprint density at radius 2 is 2.00 bits per heavy atom. The van der Waals surface area contributed by atoms with Crippen molar-refractivity contribution in [3.05, 3.63) is 46.9 Å². The Kier molecular flexibility index (Phi) is 4.39. The van der Waals surface area contributed by atoms with Gasteiger partial charge in [-0.15, -0.1) is 0 Å². The van der Waals surface area contributed by atoms with E-state index >= 15 is 0 Å². The van der Waals surface area contributed by atoms with Crippen LogP contribution in [0.25, 0.3) is 23.0 Å². The first-order chi connectivity index (χ1) is 11.0. The lowest BCUT2D eigenvalue weighted by Gasteiger charge is -2.03. The highest BCUT2D eigenvalue weighted by Gasteiger charge is 2.14. The van der Waals surface area contributed by atoms with Crippen molar-refractivity contribution in [3.8, 4) is 23.0 Å². The molecule has 23 heavy (non-hydrogen) atoms. The molecule has 0 bridgehead atoms. The van der Waals surface area contributed by atoms with Crippen molar-refractivity contribution in [2.75, 3.05) is 0 Å². The van der Waals surface area contributed by atoms with Gasteiger partial charge in [-0.2, -0.15) is 4.98 Å². The molecule has 3 rings (SSSR count). The molecule has 0 aliphatic heterocycles. The summed E-state index contributed by atoms with van der Waals surface area (Å²) in [5.74, 6) is 1.38. The van der Waals surface area contributed by atoms with Crippen molar-refractivity contribution in [3.63, 3.8) is 0 Å². The quantitative estimate of drug-likeness (QED) is 0.712. The van der Waals surface area contributed by atoms with Crippen LogP contribution >= 0.6 is 11.6 Å². The van der Waals surface area contributed by atoms with E-state index in [9.17, 15) is 0 Å². The minimum Gasteiger partial charge on any atom is -0.332 e. The third-order valence-electron chi connectivity index (χ3n) is 3.41. The van der Waals surface area contributed by atoms with Crippen molar-refractivity contribution >= 4 is 11.6 Å². The molecule has 0 aliphatic rings. The third kappa shape index (κ3) is 3.56. The average molecular weight is 329 g/mol. The van der Waals surface area contributed by atoms with E-state index in [1.165, 1.54) is 0 Å². The van der Waals surface area contributed by atoms with Gasteiger partial charge in [-0.25, -0.2) is 4.98 Å². The van der Waals surface area contributed by atoms with Gasteiger partial charge in [0.05, 0.1) is 11.9 Å². The summed E-state index contributed by atoms with van der Waals surface area (Å²) in [6.45, 7) is 6.27. The van der Waals surface area contributed by atoms with E-state index in [1.807, 2.05) is 25.1 Å². The highest BCUT2D eigenvalue weighted by Crippen LogP contribution is 2.26. The number of rotatable bonds is 4. The van der Waals surface area contributed by atoms with Crippen LogP contribution in [0.4, 0.5) is 0 Å². The predicted molar refractivity (Wildman–Crippen MR) is 89.0 cm³/mol. The largest absolute Gasteiger partial charge is 0.332 e. The van der Waals surface area contributed by atoms with Gasteiger partial charge < -0.3 is 4.52 Å². The van der Waals surface area contributed by atoms with Crippen LogP contribution < -0.4 is 0 Å². The van der Waals surface area contributed by atoms with Crippen LogP contribution in [-0.2, 0) is 6.42 Å². The molecule has 5 nitrogen and oxygen atoms in total. The minimum absolute atomic E-state index is 0.350. The maximum absolute atomic E-state index is 6.04. The number of halogens is 1. The molecule has 0 saturated heterocycles. The second kappa shape index (κ2) is 6.46. The van der Waals surface area contributed by atoms with Crippen molar-refractivity contribution in [2.24, 2.45) is 5.92 Å². The lowest BCUT2D eigenvalue weighted by molar-refractivity contribution is 0.430. The van der Waals surface area contributed by atoms with Crippen LogP contribution in [0.15, 0.2) is 35.1 Å². The molecule has 118 valence electrons. The molecular formula is C17H17ClN4O. The van der Waals surface area contributed by atoms with Crippen molar-refractivity contribution in [1.29, 1.82) is 0 Å². The molecule has 2 aromatic heterocycles. The molecule has 0 saturated carbocycles. The van der Waals surface area contributed by atoms with Crippen LogP contribution in [0.3, 0.4) is 0 Å². The van der Waals surface area contributed by atoms with Gasteiger partial charge in [-0.05, 0) is 37.0 Å². The van der Waals surface area contributed by atoms with Gasteiger partial charge in [0, 0.05) is 16.8 Å². The maximum Gasteiger partial charge on any atom is 0.278 e. The van der Waals surface area contributed by atoms with E-state index < -0.39 is 0 Å². The first kappa shape index (κ1) is 15.6. The standard InChI is InChI=1S/C17H17ClN4O/c1-10(2)6-13-8-20-15(9-19-13)17-21-16(22-23-17)14-7-12(18)5-4-11(14)3/h4-5,7-10H,6H2,1-3H3. The summed E-state index contributed by atoms with van der Waals surface area (Å²) in [4.78, 5) is 13.2. The van der Waals surface area contributed by atoms with Crippen LogP contribution in [0.5, 0.6) is 0 Å². The SMILES string of the molecule is Cc1ccc(Cl)cc1-c1noc(-c2cnc(CC(C)C)cn2)n1. The Bertz CT molecular complexity index is 812. The smallest absolute Gasteiger partial charge is 0.278 e. The van der Waals surface area contributed by atoms with E-state index in [1.54, 1.807) is 12.4 Å². The van der Waals surface area contributed by atoms with Gasteiger partial charge in [-0.1, -0.05) is 36.7 Å². The summed E-state index contributed by atoms with van der Waals surface area (Å²) in [5, 5.41) is 4.66. The summed E-state index contributed by atoms with van der Waals surface area (Å²) in [7, 11) is 0. The minimum atomic E-state index is 0.350. The lowest BCUT2D eigenvalue weighted by atomic mass is 10.1. The molecule has 3 aromatic rings. The van der Waals surface area contributed by atoms with E-state index in [4.69, 9.17) is 16.1 Å². The van der Waals surface area contributed by atoms with Crippen LogP contribution in [0.2, 0.25) is 5.02 Å². The van der Waals surface area contributed by atoms with Crippen LogP contribution in [0, 0.1) is 12.8 Å². The average Bonchev–Trinajstić information content (AvgIpc) is 2.99. The van der Waals surface area contributed by atoms with E-state index in [-0.39, 0.29) is 0 Å². The number of hydrogen-bond acceptors (Lipinski definition) is 5. The summed E-state index contributed by atoms with van der Waals surface area (Å²) >= 11 is 6.04. The molecule has 1 aromatic carbocycles. The zero-order valence-electron chi connectivity index (χ0n) is 13.2. The number of benzene rings is 1. The number of aryl methyl sites for hydroxylation is 1. The van der Waals surface area contributed by atoms with E-state index in [0.29, 0.717) is 28.3 Å². The summed E-state index contributed by atoms with van der Waals surface area (Å²) < 4.78 is 5.31. The Morgan fingerprint density at radius 3 is 2.70 bits per heavy atom. The van der Waals surface area contributed by atoms with Crippen molar-refractivity contribution in [1.82, 2.24) is 20.1 Å². The van der Waals surface area contributed by atoms with Gasteiger partial charge in [0.2, 0.25) is 5.82 Å². The zero-order valence-corrected chi connectivity index (χ0v) is 14.0. The monoisotopic (exact) mass is 328 g/mol. The molecule has 6 heteroatoms. The first-order valence-electron chi connectivity index (χ1n) is 7.44. The molecule has 0 amide bonds. The fourth-order valence-electron chi connectivity index (χ4n) is 2.26. The second-order valence-corrected chi connectivity index (χ2v) is 6.31. The number of hydrogen-bond donors (Lipinski definition) is 0. The van der Waals surface area contributed by atoms with Gasteiger partial charge >= 0.3 is 0 Å². The summed E-state index contributed by atoms with van der Waals surface area (Å²) in [6.07, 6.45) is 4.31. The molecule has 0 N–H and O–H groups in total. The normalized spacial score (nSPS) is 11.2. The Labute approximate surface area is 139 Å². The number of nitrogens with zero attached hydrogens (tertiary/aromatic N) is 4. The molecule has 2 heterocycles. The van der Waals surface area contributed by atoms with Crippen LogP contribution in [-0.4, -0.2) is 20.1 Å². The second-order valence-electron chi connectivity index (χ2n) is 5.87. The zero-order chi connectivity index (χ0) is 16.4. The topological polar surface area (TPSA) is 64.7 Å². The molecule has 0 atom stereocenters. The van der Waals surface area contributed by atoms with Crippen molar-refractivity contribution < 1.29 is 4.52 Å². The highest BCUT2D eigenvalue weighted by atomic mass is 35.5. The predicted octanol–water partition coefficient (Wildman–Crippen LogP) is 4.35. The first-order valence-corrected chi connectivity index (χ1v) is 7.82. The molecule has 0 spiro atoms. The fourth-order valence-corrected chi connectivity index (χ4v) is 2.43. The molecular weight excluding hydrogens is 312 g/mol. The van der Waals surface area contributed by atoms with E-state index in [0.717, 1.165) is 23.2 Å². The highest BCUT2D eigenvalue weighted by molar-refractivity contribution is 6.30. The molecule has 0 fully saturated rings. The van der Waals surface area contributed by atoms with Gasteiger partial charge in [0.1, 0.15) is 5.69 Å². The van der Waals surface area contributed by atoms with Gasteiger partial charge in [0.15, 0.2) is 0 Å². The summed E-state index contributed by atoms with van der Waals surface area (Å²) in [5.41, 5.74) is 3.39. The Morgan fingerprint density at radius 1 is 1.17 bits per heavy atom. The van der Waals surface area contributed by atoms with Crippen molar-refractivity contribution in [2.45, 2.75) is 27.2 Å². The van der Waals surface area contributed by atoms with Gasteiger partial charge in [-0.3, -0.25) is 4.98 Å². The van der Waals surface area contributed by atoms with Crippen LogP contribution in [0.1, 0.15) is 25.1 Å². The maximum atomic E-state index is 6.04. The Balaban J connectivity index is 1.88. The van der Waals surface area contributed by atoms with E-state index in [2.05, 4.69) is 34.0 Å². The molecule has 0 radical (unpaired) electrons. The number of aromatic nitrogens is 4. The molecule has 0 unspecified atom stereocenters. The molecule has 0 aliphatic carbocycles. The fraction of sp³-hybridized carbons (Fsp3) is 0.294. The third-order valence-corrected chi connectivity index (χ3v) is 3.64.